The zero-order chi connectivity index (χ0) is 15.7. The van der Waals surface area contributed by atoms with Gasteiger partial charge in [-0.05, 0) is 57.2 Å². The van der Waals surface area contributed by atoms with Crippen molar-refractivity contribution in [1.82, 2.24) is 10.9 Å². The van der Waals surface area contributed by atoms with Crippen molar-refractivity contribution in [2.24, 2.45) is 0 Å². The van der Waals surface area contributed by atoms with Gasteiger partial charge in [-0.1, -0.05) is 0 Å². The Bertz CT molecular complexity index is 707. The molecular weight excluding hydrogens is 316 g/mol. The van der Waals surface area contributed by atoms with Crippen LogP contribution in [0.3, 0.4) is 0 Å². The van der Waals surface area contributed by atoms with Crippen molar-refractivity contribution in [2.75, 3.05) is 0 Å². The fourth-order valence-electron chi connectivity index (χ4n) is 2.70. The number of carbonyl (C=O) groups is 2. The van der Waals surface area contributed by atoms with Crippen molar-refractivity contribution >= 4 is 34.5 Å². The van der Waals surface area contributed by atoms with Gasteiger partial charge in [-0.2, -0.15) is 0 Å². The Labute approximate surface area is 137 Å². The van der Waals surface area contributed by atoms with Gasteiger partial charge in [0.15, 0.2) is 0 Å². The van der Waals surface area contributed by atoms with Crippen LogP contribution in [-0.2, 0) is 12.8 Å². The lowest BCUT2D eigenvalue weighted by molar-refractivity contribution is 0.0849. The van der Waals surface area contributed by atoms with Gasteiger partial charge in [-0.15, -0.1) is 22.7 Å². The van der Waals surface area contributed by atoms with Gasteiger partial charge in [0.25, 0.3) is 11.8 Å². The second kappa shape index (κ2) is 6.22. The molecule has 0 aromatic carbocycles. The predicted molar refractivity (Wildman–Crippen MR) is 89.7 cm³/mol. The molecule has 6 heteroatoms. The molecule has 0 aliphatic heterocycles. The van der Waals surface area contributed by atoms with Gasteiger partial charge in [0.2, 0.25) is 0 Å². The van der Waals surface area contributed by atoms with E-state index >= 15 is 0 Å². The Morgan fingerprint density at radius 3 is 2.41 bits per heavy atom. The van der Waals surface area contributed by atoms with Gasteiger partial charge in [-0.3, -0.25) is 20.4 Å². The molecule has 1 aliphatic carbocycles. The number of carbonyl (C=O) groups excluding carboxylic acids is 2. The average Bonchev–Trinajstić information content (AvgIpc) is 3.07. The van der Waals surface area contributed by atoms with Crippen LogP contribution in [0.25, 0.3) is 0 Å². The standard InChI is InChI=1S/C16H18N2O2S2/c1-9-7-12(10(2)21-9)15(19)17-18-16(20)14-8-11-5-3-4-6-13(11)22-14/h7-8H,3-6H2,1-2H3,(H,17,19)(H,18,20). The Hall–Kier alpha value is -1.66. The summed E-state index contributed by atoms with van der Waals surface area (Å²) in [7, 11) is 0. The van der Waals surface area contributed by atoms with E-state index in [0.29, 0.717) is 10.4 Å². The summed E-state index contributed by atoms with van der Waals surface area (Å²) in [5.41, 5.74) is 6.93. The molecule has 4 nitrogen and oxygen atoms in total. The third-order valence-corrected chi connectivity index (χ3v) is 6.00. The zero-order valence-corrected chi connectivity index (χ0v) is 14.2. The minimum Gasteiger partial charge on any atom is -0.267 e. The second-order valence-corrected chi connectivity index (χ2v) is 8.10. The number of hydrogen-bond acceptors (Lipinski definition) is 4. The van der Waals surface area contributed by atoms with E-state index in [-0.39, 0.29) is 11.8 Å². The van der Waals surface area contributed by atoms with Crippen LogP contribution >= 0.6 is 22.7 Å². The Morgan fingerprint density at radius 2 is 1.73 bits per heavy atom. The third kappa shape index (κ3) is 3.08. The molecule has 2 amide bonds. The van der Waals surface area contributed by atoms with Gasteiger partial charge in [0.1, 0.15) is 0 Å². The van der Waals surface area contributed by atoms with E-state index in [2.05, 4.69) is 10.9 Å². The third-order valence-electron chi connectivity index (χ3n) is 3.80. The van der Waals surface area contributed by atoms with E-state index in [1.54, 1.807) is 11.3 Å². The van der Waals surface area contributed by atoms with E-state index in [1.807, 2.05) is 26.0 Å². The van der Waals surface area contributed by atoms with E-state index < -0.39 is 0 Å². The monoisotopic (exact) mass is 334 g/mol. The van der Waals surface area contributed by atoms with Crippen LogP contribution in [0, 0.1) is 13.8 Å². The lowest BCUT2D eigenvalue weighted by Gasteiger charge is -2.08. The first kappa shape index (κ1) is 15.2. The molecule has 3 rings (SSSR count). The van der Waals surface area contributed by atoms with Crippen molar-refractivity contribution in [2.45, 2.75) is 39.5 Å². The summed E-state index contributed by atoms with van der Waals surface area (Å²) < 4.78 is 0. The van der Waals surface area contributed by atoms with Crippen LogP contribution in [0.15, 0.2) is 12.1 Å². The number of fused-ring (bicyclic) bond motifs is 1. The number of thiophene rings is 2. The number of aryl methyl sites for hydroxylation is 4. The van der Waals surface area contributed by atoms with Gasteiger partial charge in [0.05, 0.1) is 10.4 Å². The van der Waals surface area contributed by atoms with E-state index in [4.69, 9.17) is 0 Å². The van der Waals surface area contributed by atoms with Crippen LogP contribution in [0.1, 0.15) is 53.1 Å². The average molecular weight is 334 g/mol. The first-order chi connectivity index (χ1) is 10.5. The molecule has 116 valence electrons. The molecule has 1 aliphatic rings. The van der Waals surface area contributed by atoms with Gasteiger partial charge in [0, 0.05) is 14.6 Å². The highest BCUT2D eigenvalue weighted by molar-refractivity contribution is 7.14. The molecular formula is C16H18N2O2S2. The van der Waals surface area contributed by atoms with Gasteiger partial charge in [-0.25, -0.2) is 0 Å². The van der Waals surface area contributed by atoms with E-state index in [9.17, 15) is 9.59 Å². The number of hydrazine groups is 1. The topological polar surface area (TPSA) is 58.2 Å². The Kier molecular flexibility index (Phi) is 4.31. The highest BCUT2D eigenvalue weighted by atomic mass is 32.1. The molecule has 2 heterocycles. The summed E-state index contributed by atoms with van der Waals surface area (Å²) in [6.45, 7) is 3.87. The summed E-state index contributed by atoms with van der Waals surface area (Å²) in [6, 6.07) is 3.80. The first-order valence-corrected chi connectivity index (χ1v) is 8.97. The summed E-state index contributed by atoms with van der Waals surface area (Å²) in [4.78, 5) is 28.3. The maximum Gasteiger partial charge on any atom is 0.279 e. The van der Waals surface area contributed by atoms with Crippen LogP contribution in [0.5, 0.6) is 0 Å². The quantitative estimate of drug-likeness (QED) is 0.827. The minimum atomic E-state index is -0.267. The zero-order valence-electron chi connectivity index (χ0n) is 12.6. The van der Waals surface area contributed by atoms with Crippen molar-refractivity contribution < 1.29 is 9.59 Å². The second-order valence-electron chi connectivity index (χ2n) is 5.50. The minimum absolute atomic E-state index is 0.239. The molecule has 0 fully saturated rings. The lowest BCUT2D eigenvalue weighted by atomic mass is 9.99. The molecule has 0 saturated heterocycles. The first-order valence-electron chi connectivity index (χ1n) is 7.34. The number of rotatable bonds is 2. The molecule has 0 spiro atoms. The highest BCUT2D eigenvalue weighted by Gasteiger charge is 2.18. The lowest BCUT2D eigenvalue weighted by Crippen LogP contribution is -2.41. The molecule has 2 aromatic rings. The summed E-state index contributed by atoms with van der Waals surface area (Å²) in [5.74, 6) is -0.506. The maximum absolute atomic E-state index is 12.2. The number of amides is 2. The van der Waals surface area contributed by atoms with Crippen molar-refractivity contribution in [3.8, 4) is 0 Å². The summed E-state index contributed by atoms with van der Waals surface area (Å²) >= 11 is 3.11. The van der Waals surface area contributed by atoms with E-state index in [1.165, 1.54) is 34.6 Å². The fraction of sp³-hybridized carbons (Fsp3) is 0.375. The molecule has 22 heavy (non-hydrogen) atoms. The largest absolute Gasteiger partial charge is 0.279 e. The molecule has 0 bridgehead atoms. The highest BCUT2D eigenvalue weighted by Crippen LogP contribution is 2.29. The Morgan fingerprint density at radius 1 is 1.00 bits per heavy atom. The summed E-state index contributed by atoms with van der Waals surface area (Å²) in [5, 5.41) is 0. The van der Waals surface area contributed by atoms with Crippen LogP contribution in [0.2, 0.25) is 0 Å². The molecule has 0 atom stereocenters. The molecule has 0 saturated carbocycles. The van der Waals surface area contributed by atoms with Crippen LogP contribution in [0.4, 0.5) is 0 Å². The molecule has 0 unspecified atom stereocenters. The molecule has 2 N–H and O–H groups in total. The van der Waals surface area contributed by atoms with Crippen molar-refractivity contribution in [3.05, 3.63) is 42.8 Å². The van der Waals surface area contributed by atoms with Crippen molar-refractivity contribution in [3.63, 3.8) is 0 Å². The maximum atomic E-state index is 12.2. The molecule has 0 radical (unpaired) electrons. The normalized spacial score (nSPS) is 13.5. The predicted octanol–water partition coefficient (Wildman–Crippen LogP) is 3.38. The van der Waals surface area contributed by atoms with E-state index in [0.717, 1.165) is 22.6 Å². The van der Waals surface area contributed by atoms with Gasteiger partial charge < -0.3 is 0 Å². The van der Waals surface area contributed by atoms with Crippen LogP contribution < -0.4 is 10.9 Å². The van der Waals surface area contributed by atoms with Crippen LogP contribution in [-0.4, -0.2) is 11.8 Å². The summed E-state index contributed by atoms with van der Waals surface area (Å²) in [6.07, 6.45) is 4.51. The van der Waals surface area contributed by atoms with Gasteiger partial charge >= 0.3 is 0 Å². The molecule has 2 aromatic heterocycles. The number of hydrogen-bond donors (Lipinski definition) is 2. The smallest absolute Gasteiger partial charge is 0.267 e. The Balaban J connectivity index is 1.63. The SMILES string of the molecule is Cc1cc(C(=O)NNC(=O)c2cc3c(s2)CCCC3)c(C)s1. The van der Waals surface area contributed by atoms with Crippen molar-refractivity contribution in [1.29, 1.82) is 0 Å². The fourth-order valence-corrected chi connectivity index (χ4v) is 4.77. The number of nitrogens with one attached hydrogen (secondary N) is 2.